The van der Waals surface area contributed by atoms with Gasteiger partial charge in [-0.2, -0.15) is 0 Å². The average Bonchev–Trinajstić information content (AvgIpc) is 3.26. The highest BCUT2D eigenvalue weighted by molar-refractivity contribution is 5.68. The summed E-state index contributed by atoms with van der Waals surface area (Å²) in [5, 5.41) is 3.51. The van der Waals surface area contributed by atoms with E-state index in [0.29, 0.717) is 13.2 Å². The zero-order chi connectivity index (χ0) is 24.9. The Morgan fingerprint density at radius 2 is 1.75 bits per heavy atom. The topological polar surface area (TPSA) is 64.6 Å². The number of halogens is 1. The lowest BCUT2D eigenvalue weighted by Crippen LogP contribution is -2.10. The van der Waals surface area contributed by atoms with Crippen molar-refractivity contribution in [2.24, 2.45) is 5.73 Å². The molecule has 0 amide bonds. The molecular formula is C30H29FN4O. The van der Waals surface area contributed by atoms with E-state index in [4.69, 9.17) is 10.5 Å². The molecule has 0 aliphatic rings. The normalized spacial score (nSPS) is 11.1. The van der Waals surface area contributed by atoms with Crippen LogP contribution in [0.15, 0.2) is 91.1 Å². The first kappa shape index (κ1) is 23.6. The van der Waals surface area contributed by atoms with Gasteiger partial charge in [0.15, 0.2) is 0 Å². The molecule has 3 aromatic carbocycles. The van der Waals surface area contributed by atoms with Gasteiger partial charge in [-0.25, -0.2) is 9.37 Å². The molecular weight excluding hydrogens is 451 g/mol. The summed E-state index contributed by atoms with van der Waals surface area (Å²) in [4.78, 5) is 4.67. The predicted molar refractivity (Wildman–Crippen MR) is 143 cm³/mol. The number of aromatic nitrogens is 2. The van der Waals surface area contributed by atoms with E-state index in [1.807, 2.05) is 40.9 Å². The summed E-state index contributed by atoms with van der Waals surface area (Å²) in [5.41, 5.74) is 13.1. The zero-order valence-electron chi connectivity index (χ0n) is 20.2. The summed E-state index contributed by atoms with van der Waals surface area (Å²) in [6, 6.07) is 26.9. The molecule has 5 aromatic rings. The summed E-state index contributed by atoms with van der Waals surface area (Å²) in [6.45, 7) is 3.60. The molecule has 2 aromatic heterocycles. The van der Waals surface area contributed by atoms with Crippen LogP contribution in [0.25, 0.3) is 16.8 Å². The minimum atomic E-state index is -0.238. The fourth-order valence-corrected chi connectivity index (χ4v) is 4.40. The van der Waals surface area contributed by atoms with E-state index in [9.17, 15) is 4.39 Å². The summed E-state index contributed by atoms with van der Waals surface area (Å²) < 4.78 is 21.6. The highest BCUT2D eigenvalue weighted by atomic mass is 19.1. The van der Waals surface area contributed by atoms with Crippen LogP contribution in [-0.2, 0) is 19.6 Å². The van der Waals surface area contributed by atoms with Gasteiger partial charge in [0.1, 0.15) is 29.6 Å². The smallest absolute Gasteiger partial charge is 0.138 e. The van der Waals surface area contributed by atoms with Crippen LogP contribution in [0.3, 0.4) is 0 Å². The Kier molecular flexibility index (Phi) is 6.96. The van der Waals surface area contributed by atoms with Gasteiger partial charge in [-0.05, 0) is 65.4 Å². The van der Waals surface area contributed by atoms with Crippen LogP contribution >= 0.6 is 0 Å². The van der Waals surface area contributed by atoms with Gasteiger partial charge in [0.2, 0.25) is 0 Å². The summed E-state index contributed by atoms with van der Waals surface area (Å²) in [7, 11) is 0. The molecule has 0 aliphatic carbocycles. The Balaban J connectivity index is 1.33. The molecule has 0 saturated heterocycles. The summed E-state index contributed by atoms with van der Waals surface area (Å²) >= 11 is 0. The third kappa shape index (κ3) is 5.09. The molecule has 0 bridgehead atoms. The largest absolute Gasteiger partial charge is 0.487 e. The van der Waals surface area contributed by atoms with Crippen molar-refractivity contribution >= 4 is 11.5 Å². The fourth-order valence-electron chi connectivity index (χ4n) is 4.40. The van der Waals surface area contributed by atoms with Crippen LogP contribution in [0.1, 0.15) is 22.4 Å². The van der Waals surface area contributed by atoms with Crippen LogP contribution in [0.4, 0.5) is 10.2 Å². The molecule has 2 heterocycles. The van der Waals surface area contributed by atoms with E-state index in [1.165, 1.54) is 17.7 Å². The van der Waals surface area contributed by atoms with E-state index in [0.717, 1.165) is 58.1 Å². The standard InChI is InChI=1S/C30H29FN4O/c1-21-24(8-5-9-27(21)23-10-12-25(31)13-11-23)20-36-26-14-15-29-34-28(18-32)30(35(29)19-26)33-17-16-22-6-3-2-4-7-22/h2-15,19,33H,16-18,20,32H2,1H3. The minimum Gasteiger partial charge on any atom is -0.487 e. The monoisotopic (exact) mass is 480 g/mol. The molecule has 0 fully saturated rings. The quantitative estimate of drug-likeness (QED) is 0.266. The van der Waals surface area contributed by atoms with Gasteiger partial charge < -0.3 is 15.8 Å². The van der Waals surface area contributed by atoms with Crippen LogP contribution < -0.4 is 15.8 Å². The van der Waals surface area contributed by atoms with Crippen molar-refractivity contribution in [2.75, 3.05) is 11.9 Å². The van der Waals surface area contributed by atoms with Crippen LogP contribution in [0, 0.1) is 12.7 Å². The molecule has 0 atom stereocenters. The number of benzene rings is 3. The van der Waals surface area contributed by atoms with Gasteiger partial charge in [-0.15, -0.1) is 0 Å². The Morgan fingerprint density at radius 1 is 0.944 bits per heavy atom. The second-order valence-corrected chi connectivity index (χ2v) is 8.75. The van der Waals surface area contributed by atoms with Crippen molar-refractivity contribution in [2.45, 2.75) is 26.5 Å². The second kappa shape index (κ2) is 10.6. The maximum atomic E-state index is 13.4. The molecule has 6 heteroatoms. The number of pyridine rings is 1. The number of nitrogens with zero attached hydrogens (tertiary/aromatic N) is 2. The fraction of sp³-hybridized carbons (Fsp3) is 0.167. The third-order valence-corrected chi connectivity index (χ3v) is 6.40. The average molecular weight is 481 g/mol. The number of anilines is 1. The predicted octanol–water partition coefficient (Wildman–Crippen LogP) is 6.14. The van der Waals surface area contributed by atoms with E-state index in [2.05, 4.69) is 47.6 Å². The van der Waals surface area contributed by atoms with Crippen LogP contribution in [0.2, 0.25) is 0 Å². The van der Waals surface area contributed by atoms with Crippen molar-refractivity contribution < 1.29 is 9.13 Å². The Morgan fingerprint density at radius 3 is 2.53 bits per heavy atom. The maximum Gasteiger partial charge on any atom is 0.138 e. The molecule has 0 unspecified atom stereocenters. The first-order valence-corrected chi connectivity index (χ1v) is 12.1. The first-order valence-electron chi connectivity index (χ1n) is 12.1. The molecule has 5 nitrogen and oxygen atoms in total. The number of rotatable bonds is 9. The molecule has 36 heavy (non-hydrogen) atoms. The molecule has 0 saturated carbocycles. The number of imidazole rings is 1. The summed E-state index contributed by atoms with van der Waals surface area (Å²) in [5.74, 6) is 1.39. The highest BCUT2D eigenvalue weighted by Gasteiger charge is 2.12. The highest BCUT2D eigenvalue weighted by Crippen LogP contribution is 2.27. The lowest BCUT2D eigenvalue weighted by atomic mass is 9.97. The number of hydrogen-bond acceptors (Lipinski definition) is 4. The van der Waals surface area contributed by atoms with Gasteiger partial charge in [0.25, 0.3) is 0 Å². The van der Waals surface area contributed by atoms with E-state index in [-0.39, 0.29) is 5.82 Å². The number of nitrogens with one attached hydrogen (secondary N) is 1. The molecule has 0 radical (unpaired) electrons. The van der Waals surface area contributed by atoms with Crippen molar-refractivity contribution in [1.29, 1.82) is 0 Å². The number of nitrogens with two attached hydrogens (primary N) is 1. The third-order valence-electron chi connectivity index (χ3n) is 6.40. The Bertz CT molecular complexity index is 1460. The molecule has 0 aliphatic heterocycles. The first-order chi connectivity index (χ1) is 17.6. The molecule has 5 rings (SSSR count). The molecule has 182 valence electrons. The van der Waals surface area contributed by atoms with Crippen molar-refractivity contribution in [1.82, 2.24) is 9.38 Å². The molecule has 0 spiro atoms. The zero-order valence-corrected chi connectivity index (χ0v) is 20.2. The maximum absolute atomic E-state index is 13.4. The summed E-state index contributed by atoms with van der Waals surface area (Å²) in [6.07, 6.45) is 2.85. The van der Waals surface area contributed by atoms with Gasteiger partial charge in [0.05, 0.1) is 11.9 Å². The second-order valence-electron chi connectivity index (χ2n) is 8.75. The van der Waals surface area contributed by atoms with Crippen molar-refractivity contribution in [3.8, 4) is 16.9 Å². The van der Waals surface area contributed by atoms with E-state index >= 15 is 0 Å². The lowest BCUT2D eigenvalue weighted by molar-refractivity contribution is 0.304. The van der Waals surface area contributed by atoms with Crippen LogP contribution in [-0.4, -0.2) is 15.9 Å². The number of ether oxygens (including phenoxy) is 1. The van der Waals surface area contributed by atoms with E-state index < -0.39 is 0 Å². The molecule has 3 N–H and O–H groups in total. The lowest BCUT2D eigenvalue weighted by Gasteiger charge is -2.14. The Hall–Kier alpha value is -4.16. The van der Waals surface area contributed by atoms with Crippen LogP contribution in [0.5, 0.6) is 5.75 Å². The number of fused-ring (bicyclic) bond motifs is 1. The van der Waals surface area contributed by atoms with Gasteiger partial charge >= 0.3 is 0 Å². The van der Waals surface area contributed by atoms with Gasteiger partial charge in [0, 0.05) is 13.1 Å². The number of hydrogen-bond donors (Lipinski definition) is 2. The van der Waals surface area contributed by atoms with Gasteiger partial charge in [-0.3, -0.25) is 4.40 Å². The van der Waals surface area contributed by atoms with Gasteiger partial charge in [-0.1, -0.05) is 60.7 Å². The minimum absolute atomic E-state index is 0.238. The van der Waals surface area contributed by atoms with Crippen molar-refractivity contribution in [3.63, 3.8) is 0 Å². The Labute approximate surface area is 210 Å². The SMILES string of the molecule is Cc1c(COc2ccc3nc(CN)c(NCCc4ccccc4)n3c2)cccc1-c1ccc(F)cc1. The van der Waals surface area contributed by atoms with E-state index in [1.54, 1.807) is 12.1 Å². The van der Waals surface area contributed by atoms with Crippen molar-refractivity contribution in [3.05, 3.63) is 119 Å².